The number of hydrogen-bond donors (Lipinski definition) is 1. The minimum Gasteiger partial charge on any atom is -0.437 e. The normalized spacial score (nSPS) is 10.6. The van der Waals surface area contributed by atoms with Gasteiger partial charge < -0.3 is 10.1 Å². The molecule has 4 nitrogen and oxygen atoms in total. The molecule has 0 unspecified atom stereocenters. The average Bonchev–Trinajstić information content (AvgIpc) is 2.51. The molecular formula is C16H14ClN3O. The number of nitrogens with zero attached hydrogens (tertiary/aromatic N) is 2. The van der Waals surface area contributed by atoms with Crippen molar-refractivity contribution in [1.82, 2.24) is 9.97 Å². The van der Waals surface area contributed by atoms with Gasteiger partial charge in [0.05, 0.1) is 12.4 Å². The van der Waals surface area contributed by atoms with Crippen molar-refractivity contribution in [3.05, 3.63) is 53.8 Å². The lowest BCUT2D eigenvalue weighted by Gasteiger charge is -2.10. The Morgan fingerprint density at radius 3 is 2.71 bits per heavy atom. The van der Waals surface area contributed by atoms with E-state index in [1.807, 2.05) is 43.3 Å². The Labute approximate surface area is 127 Å². The molecule has 1 N–H and O–H groups in total. The van der Waals surface area contributed by atoms with Crippen LogP contribution in [0.5, 0.6) is 11.6 Å². The van der Waals surface area contributed by atoms with E-state index in [0.717, 1.165) is 17.3 Å². The smallest absolute Gasteiger partial charge is 0.239 e. The summed E-state index contributed by atoms with van der Waals surface area (Å²) in [4.78, 5) is 8.48. The minimum atomic E-state index is 0.445. The largest absolute Gasteiger partial charge is 0.437 e. The van der Waals surface area contributed by atoms with Crippen molar-refractivity contribution in [3.8, 4) is 11.6 Å². The van der Waals surface area contributed by atoms with E-state index in [4.69, 9.17) is 16.3 Å². The molecule has 0 spiro atoms. The van der Waals surface area contributed by atoms with Crippen molar-refractivity contribution in [3.63, 3.8) is 0 Å². The van der Waals surface area contributed by atoms with Gasteiger partial charge in [-0.2, -0.15) is 4.98 Å². The molecule has 0 amide bonds. The van der Waals surface area contributed by atoms with Crippen LogP contribution in [0.3, 0.4) is 0 Å². The van der Waals surface area contributed by atoms with Crippen LogP contribution in [0.25, 0.3) is 10.8 Å². The number of aromatic nitrogens is 2. The molecule has 5 heteroatoms. The van der Waals surface area contributed by atoms with Crippen molar-refractivity contribution in [2.45, 2.75) is 6.92 Å². The number of halogens is 1. The highest BCUT2D eigenvalue weighted by Gasteiger charge is 2.07. The summed E-state index contributed by atoms with van der Waals surface area (Å²) < 4.78 is 5.86. The number of nitrogens with one attached hydrogen (secondary N) is 1. The first kappa shape index (κ1) is 13.6. The second-order valence-corrected chi connectivity index (χ2v) is 4.87. The van der Waals surface area contributed by atoms with Gasteiger partial charge in [-0.05, 0) is 19.1 Å². The summed E-state index contributed by atoms with van der Waals surface area (Å²) in [6.45, 7) is 2.78. The highest BCUT2D eigenvalue weighted by Crippen LogP contribution is 2.33. The molecule has 0 saturated heterocycles. The van der Waals surface area contributed by atoms with Gasteiger partial charge in [-0.3, -0.25) is 4.98 Å². The summed E-state index contributed by atoms with van der Waals surface area (Å²) >= 11 is 6.20. The fraction of sp³-hybridized carbons (Fsp3) is 0.125. The van der Waals surface area contributed by atoms with E-state index < -0.39 is 0 Å². The van der Waals surface area contributed by atoms with Crippen LogP contribution in [0.2, 0.25) is 5.02 Å². The molecule has 2 aromatic carbocycles. The monoisotopic (exact) mass is 299 g/mol. The van der Waals surface area contributed by atoms with E-state index >= 15 is 0 Å². The Balaban J connectivity index is 1.98. The zero-order valence-electron chi connectivity index (χ0n) is 11.5. The van der Waals surface area contributed by atoms with E-state index in [2.05, 4.69) is 15.3 Å². The Morgan fingerprint density at radius 2 is 1.90 bits per heavy atom. The van der Waals surface area contributed by atoms with Crippen molar-refractivity contribution in [2.75, 3.05) is 11.9 Å². The third kappa shape index (κ3) is 2.90. The van der Waals surface area contributed by atoms with E-state index in [-0.39, 0.29) is 0 Å². The maximum absolute atomic E-state index is 6.20. The molecule has 1 heterocycles. The summed E-state index contributed by atoms with van der Waals surface area (Å²) in [5.41, 5.74) is 0. The molecule has 0 saturated carbocycles. The number of hydrogen-bond acceptors (Lipinski definition) is 4. The average molecular weight is 300 g/mol. The summed E-state index contributed by atoms with van der Waals surface area (Å²) in [5, 5.41) is 5.70. The number of benzene rings is 2. The maximum Gasteiger partial charge on any atom is 0.239 e. The number of fused-ring (bicyclic) bond motifs is 1. The highest BCUT2D eigenvalue weighted by atomic mass is 35.5. The van der Waals surface area contributed by atoms with Gasteiger partial charge in [-0.15, -0.1) is 0 Å². The Kier molecular flexibility index (Phi) is 3.88. The first-order valence-electron chi connectivity index (χ1n) is 6.69. The molecule has 0 aliphatic rings. The van der Waals surface area contributed by atoms with Gasteiger partial charge in [-0.25, -0.2) is 0 Å². The van der Waals surface area contributed by atoms with Crippen LogP contribution < -0.4 is 10.1 Å². The molecule has 1 aromatic heterocycles. The highest BCUT2D eigenvalue weighted by molar-refractivity contribution is 6.35. The van der Waals surface area contributed by atoms with Gasteiger partial charge in [0.15, 0.2) is 0 Å². The topological polar surface area (TPSA) is 47.0 Å². The van der Waals surface area contributed by atoms with Crippen LogP contribution >= 0.6 is 11.6 Å². The lowest BCUT2D eigenvalue weighted by atomic mass is 10.1. The standard InChI is InChI=1S/C16H14ClN3O/c1-2-19-15-9-18-10-16(20-15)21-14-8-7-13(17)11-5-3-4-6-12(11)14/h3-10H,2H2,1H3,(H,19,20). The van der Waals surface area contributed by atoms with Gasteiger partial charge in [0.25, 0.3) is 0 Å². The Hall–Kier alpha value is -2.33. The third-order valence-electron chi connectivity index (χ3n) is 3.02. The lowest BCUT2D eigenvalue weighted by molar-refractivity contribution is 0.466. The van der Waals surface area contributed by atoms with E-state index in [9.17, 15) is 0 Å². The number of rotatable bonds is 4. The summed E-state index contributed by atoms with van der Waals surface area (Å²) in [6.07, 6.45) is 3.25. The molecule has 0 aliphatic carbocycles. The van der Waals surface area contributed by atoms with E-state index in [1.54, 1.807) is 12.4 Å². The van der Waals surface area contributed by atoms with Crippen LogP contribution in [-0.2, 0) is 0 Å². The molecule has 0 fully saturated rings. The van der Waals surface area contributed by atoms with Crippen molar-refractivity contribution >= 4 is 28.2 Å². The molecule has 0 atom stereocenters. The van der Waals surface area contributed by atoms with Crippen LogP contribution in [0, 0.1) is 0 Å². The summed E-state index contributed by atoms with van der Waals surface area (Å²) in [5.74, 6) is 1.84. The van der Waals surface area contributed by atoms with Gasteiger partial charge in [0.1, 0.15) is 11.6 Å². The Morgan fingerprint density at radius 1 is 1.10 bits per heavy atom. The summed E-state index contributed by atoms with van der Waals surface area (Å²) in [6, 6.07) is 11.5. The predicted molar refractivity (Wildman–Crippen MR) is 85.2 cm³/mol. The quantitative estimate of drug-likeness (QED) is 0.770. The fourth-order valence-electron chi connectivity index (χ4n) is 2.10. The molecule has 0 aliphatic heterocycles. The van der Waals surface area contributed by atoms with Gasteiger partial charge in [0.2, 0.25) is 5.88 Å². The van der Waals surface area contributed by atoms with Crippen LogP contribution in [0.4, 0.5) is 5.82 Å². The SMILES string of the molecule is CCNc1cncc(Oc2ccc(Cl)c3ccccc23)n1. The number of ether oxygens (including phenoxy) is 1. The van der Waals surface area contributed by atoms with Crippen LogP contribution in [-0.4, -0.2) is 16.5 Å². The molecule has 3 aromatic rings. The Bertz CT molecular complexity index is 776. The third-order valence-corrected chi connectivity index (χ3v) is 3.35. The molecule has 106 valence electrons. The first-order chi connectivity index (χ1) is 10.3. The maximum atomic E-state index is 6.20. The zero-order valence-corrected chi connectivity index (χ0v) is 12.3. The molecular weight excluding hydrogens is 286 g/mol. The summed E-state index contributed by atoms with van der Waals surface area (Å²) in [7, 11) is 0. The van der Waals surface area contributed by atoms with Crippen molar-refractivity contribution in [1.29, 1.82) is 0 Å². The zero-order chi connectivity index (χ0) is 14.7. The molecule has 0 radical (unpaired) electrons. The van der Waals surface area contributed by atoms with Crippen LogP contribution in [0.15, 0.2) is 48.8 Å². The van der Waals surface area contributed by atoms with Gasteiger partial charge in [0, 0.05) is 22.3 Å². The first-order valence-corrected chi connectivity index (χ1v) is 7.06. The molecule has 0 bridgehead atoms. The predicted octanol–water partition coefficient (Wildman–Crippen LogP) is 4.51. The van der Waals surface area contributed by atoms with E-state index in [1.165, 1.54) is 0 Å². The molecule has 3 rings (SSSR count). The van der Waals surface area contributed by atoms with Crippen molar-refractivity contribution < 1.29 is 4.74 Å². The lowest BCUT2D eigenvalue weighted by Crippen LogP contribution is -2.00. The second-order valence-electron chi connectivity index (χ2n) is 4.47. The van der Waals surface area contributed by atoms with E-state index in [0.29, 0.717) is 22.5 Å². The van der Waals surface area contributed by atoms with Crippen LogP contribution in [0.1, 0.15) is 6.92 Å². The van der Waals surface area contributed by atoms with Gasteiger partial charge in [-0.1, -0.05) is 35.9 Å². The minimum absolute atomic E-state index is 0.445. The van der Waals surface area contributed by atoms with Crippen molar-refractivity contribution in [2.24, 2.45) is 0 Å². The number of anilines is 1. The second kappa shape index (κ2) is 5.97. The fourth-order valence-corrected chi connectivity index (χ4v) is 2.33. The van der Waals surface area contributed by atoms with Gasteiger partial charge >= 0.3 is 0 Å². The molecule has 21 heavy (non-hydrogen) atoms.